The molecule has 0 radical (unpaired) electrons. The second-order valence-electron chi connectivity index (χ2n) is 4.49. The summed E-state index contributed by atoms with van der Waals surface area (Å²) in [4.78, 5) is 27.2. The van der Waals surface area contributed by atoms with Gasteiger partial charge in [-0.25, -0.2) is 0 Å². The molecule has 1 aromatic heterocycles. The maximum atomic E-state index is 11.9. The highest BCUT2D eigenvalue weighted by Gasteiger charge is 2.28. The molecule has 6 nitrogen and oxygen atoms in total. The number of anilines is 1. The molecule has 0 unspecified atom stereocenters. The molecule has 0 bridgehead atoms. The fourth-order valence-electron chi connectivity index (χ4n) is 1.74. The zero-order chi connectivity index (χ0) is 13.7. The lowest BCUT2D eigenvalue weighted by Gasteiger charge is -2.09. The topological polar surface area (TPSA) is 83.1 Å². The van der Waals surface area contributed by atoms with Crippen LogP contribution in [0.5, 0.6) is 0 Å². The van der Waals surface area contributed by atoms with Crippen LogP contribution >= 0.6 is 0 Å². The van der Waals surface area contributed by atoms with Gasteiger partial charge in [-0.05, 0) is 18.9 Å². The number of hydrogen-bond donors (Lipinski definition) is 3. The van der Waals surface area contributed by atoms with Gasteiger partial charge in [0.25, 0.3) is 5.91 Å². The molecule has 0 aromatic carbocycles. The van der Waals surface area contributed by atoms with Gasteiger partial charge in [-0.2, -0.15) is 0 Å². The van der Waals surface area contributed by atoms with Gasteiger partial charge in [-0.3, -0.25) is 14.6 Å². The highest BCUT2D eigenvalue weighted by Crippen LogP contribution is 2.28. The van der Waals surface area contributed by atoms with Crippen molar-refractivity contribution < 1.29 is 9.59 Å². The Morgan fingerprint density at radius 2 is 2.05 bits per heavy atom. The molecule has 2 rings (SSSR count). The molecule has 3 N–H and O–H groups in total. The van der Waals surface area contributed by atoms with Gasteiger partial charge in [0, 0.05) is 32.3 Å². The summed E-state index contributed by atoms with van der Waals surface area (Å²) in [5.41, 5.74) is 1.23. The first-order valence-electron chi connectivity index (χ1n) is 6.40. The van der Waals surface area contributed by atoms with Gasteiger partial charge in [-0.1, -0.05) is 0 Å². The van der Waals surface area contributed by atoms with Crippen molar-refractivity contribution in [3.63, 3.8) is 0 Å². The third-order valence-electron chi connectivity index (χ3n) is 2.99. The number of carbonyl (C=O) groups is 2. The fraction of sp³-hybridized carbons (Fsp3) is 0.462. The average Bonchev–Trinajstić information content (AvgIpc) is 3.27. The molecule has 102 valence electrons. The van der Waals surface area contributed by atoms with Crippen molar-refractivity contribution in [2.45, 2.75) is 12.8 Å². The van der Waals surface area contributed by atoms with Crippen LogP contribution in [0.4, 0.5) is 5.69 Å². The van der Waals surface area contributed by atoms with E-state index in [0.717, 1.165) is 12.8 Å². The van der Waals surface area contributed by atoms with Crippen molar-refractivity contribution in [1.82, 2.24) is 15.6 Å². The summed E-state index contributed by atoms with van der Waals surface area (Å²) >= 11 is 0. The number of nitrogens with zero attached hydrogens (tertiary/aromatic N) is 1. The molecular formula is C13H18N4O2. The Morgan fingerprint density at radius 3 is 2.74 bits per heavy atom. The zero-order valence-electron chi connectivity index (χ0n) is 10.9. The quantitative estimate of drug-likeness (QED) is 0.647. The lowest BCUT2D eigenvalue weighted by Crippen LogP contribution is -2.35. The van der Waals surface area contributed by atoms with E-state index in [-0.39, 0.29) is 17.7 Å². The third kappa shape index (κ3) is 3.67. The van der Waals surface area contributed by atoms with E-state index in [1.807, 2.05) is 0 Å². The van der Waals surface area contributed by atoms with Gasteiger partial charge in [-0.15, -0.1) is 0 Å². The number of hydrogen-bond acceptors (Lipinski definition) is 4. The number of pyridine rings is 1. The average molecular weight is 262 g/mol. The van der Waals surface area contributed by atoms with E-state index in [4.69, 9.17) is 0 Å². The van der Waals surface area contributed by atoms with Crippen LogP contribution in [-0.2, 0) is 4.79 Å². The Balaban J connectivity index is 1.75. The molecule has 1 aliphatic rings. The Bertz CT molecular complexity index is 471. The number of rotatable bonds is 6. The minimum Gasteiger partial charge on any atom is -0.386 e. The Hall–Kier alpha value is -2.11. The third-order valence-corrected chi connectivity index (χ3v) is 2.99. The summed E-state index contributed by atoms with van der Waals surface area (Å²) in [6.45, 7) is 0.879. The largest absolute Gasteiger partial charge is 0.386 e. The molecule has 1 aliphatic carbocycles. The zero-order valence-corrected chi connectivity index (χ0v) is 10.9. The first-order chi connectivity index (χ1) is 9.22. The molecule has 6 heteroatoms. The number of aromatic nitrogens is 1. The van der Waals surface area contributed by atoms with Crippen LogP contribution in [0.3, 0.4) is 0 Å². The van der Waals surface area contributed by atoms with Crippen molar-refractivity contribution in [2.24, 2.45) is 5.92 Å². The summed E-state index contributed by atoms with van der Waals surface area (Å²) in [7, 11) is 1.74. The molecule has 0 spiro atoms. The minimum atomic E-state index is -0.174. The maximum Gasteiger partial charge on any atom is 0.253 e. The van der Waals surface area contributed by atoms with Crippen LogP contribution in [-0.4, -0.2) is 36.9 Å². The van der Waals surface area contributed by atoms with Crippen molar-refractivity contribution >= 4 is 17.5 Å². The van der Waals surface area contributed by atoms with E-state index >= 15 is 0 Å². The van der Waals surface area contributed by atoms with Crippen LogP contribution in [0.15, 0.2) is 18.5 Å². The van der Waals surface area contributed by atoms with E-state index in [1.165, 1.54) is 0 Å². The van der Waals surface area contributed by atoms with Crippen molar-refractivity contribution in [3.8, 4) is 0 Å². The fourth-order valence-corrected chi connectivity index (χ4v) is 1.74. The van der Waals surface area contributed by atoms with Gasteiger partial charge in [0.05, 0.1) is 17.4 Å². The van der Waals surface area contributed by atoms with Gasteiger partial charge in [0.1, 0.15) is 0 Å². The standard InChI is InChI=1S/C13H18N4O2/c1-14-11-8-15-5-4-10(11)13(19)17-7-6-16-12(18)9-2-3-9/h4-5,8-9,14H,2-3,6-7H2,1H3,(H,16,18)(H,17,19). The molecule has 2 amide bonds. The van der Waals surface area contributed by atoms with E-state index in [1.54, 1.807) is 25.5 Å². The summed E-state index contributed by atoms with van der Waals surface area (Å²) in [5.74, 6) is 0.119. The normalized spacial score (nSPS) is 13.7. The van der Waals surface area contributed by atoms with E-state index in [9.17, 15) is 9.59 Å². The Morgan fingerprint density at radius 1 is 1.32 bits per heavy atom. The summed E-state index contributed by atoms with van der Waals surface area (Å²) < 4.78 is 0. The van der Waals surface area contributed by atoms with Crippen LogP contribution in [0.2, 0.25) is 0 Å². The van der Waals surface area contributed by atoms with Crippen LogP contribution in [0.25, 0.3) is 0 Å². The highest BCUT2D eigenvalue weighted by atomic mass is 16.2. The molecule has 1 aromatic rings. The molecular weight excluding hydrogens is 244 g/mol. The maximum absolute atomic E-state index is 11.9. The Kier molecular flexibility index (Phi) is 4.33. The number of nitrogens with one attached hydrogen (secondary N) is 3. The molecule has 0 atom stereocenters. The van der Waals surface area contributed by atoms with Crippen LogP contribution in [0.1, 0.15) is 23.2 Å². The number of carbonyl (C=O) groups excluding carboxylic acids is 2. The summed E-state index contributed by atoms with van der Waals surface area (Å²) in [6, 6.07) is 1.66. The first-order valence-corrected chi connectivity index (χ1v) is 6.40. The second kappa shape index (κ2) is 6.17. The van der Waals surface area contributed by atoms with Crippen molar-refractivity contribution in [1.29, 1.82) is 0 Å². The van der Waals surface area contributed by atoms with Gasteiger partial charge >= 0.3 is 0 Å². The lowest BCUT2D eigenvalue weighted by atomic mass is 10.2. The van der Waals surface area contributed by atoms with E-state index in [0.29, 0.717) is 24.3 Å². The predicted molar refractivity (Wildman–Crippen MR) is 71.9 cm³/mol. The lowest BCUT2D eigenvalue weighted by molar-refractivity contribution is -0.122. The first kappa shape index (κ1) is 13.3. The summed E-state index contributed by atoms with van der Waals surface area (Å²) in [6.07, 6.45) is 5.15. The highest BCUT2D eigenvalue weighted by molar-refractivity contribution is 5.99. The Labute approximate surface area is 112 Å². The molecule has 0 saturated heterocycles. The van der Waals surface area contributed by atoms with Crippen molar-refractivity contribution in [3.05, 3.63) is 24.0 Å². The van der Waals surface area contributed by atoms with Gasteiger partial charge < -0.3 is 16.0 Å². The monoisotopic (exact) mass is 262 g/mol. The molecule has 0 aliphatic heterocycles. The van der Waals surface area contributed by atoms with Crippen LogP contribution < -0.4 is 16.0 Å². The van der Waals surface area contributed by atoms with Gasteiger partial charge in [0.2, 0.25) is 5.91 Å². The van der Waals surface area contributed by atoms with E-state index in [2.05, 4.69) is 20.9 Å². The van der Waals surface area contributed by atoms with E-state index < -0.39 is 0 Å². The molecule has 1 heterocycles. The predicted octanol–water partition coefficient (Wildman–Crippen LogP) is 0.379. The van der Waals surface area contributed by atoms with Crippen LogP contribution in [0, 0.1) is 5.92 Å². The second-order valence-corrected chi connectivity index (χ2v) is 4.49. The van der Waals surface area contributed by atoms with Crippen molar-refractivity contribution in [2.75, 3.05) is 25.5 Å². The SMILES string of the molecule is CNc1cnccc1C(=O)NCCNC(=O)C1CC1. The molecule has 19 heavy (non-hydrogen) atoms. The minimum absolute atomic E-state index is 0.0917. The molecule has 1 saturated carbocycles. The molecule has 1 fully saturated rings. The smallest absolute Gasteiger partial charge is 0.253 e. The summed E-state index contributed by atoms with van der Waals surface area (Å²) in [5, 5.41) is 8.48. The van der Waals surface area contributed by atoms with Gasteiger partial charge in [0.15, 0.2) is 0 Å². The number of amides is 2.